The minimum Gasteiger partial charge on any atom is -0.480 e. The van der Waals surface area contributed by atoms with Crippen LogP contribution in [0, 0.1) is 6.92 Å². The first-order valence-corrected chi connectivity index (χ1v) is 9.03. The van der Waals surface area contributed by atoms with Gasteiger partial charge in [0.1, 0.15) is 12.1 Å². The Balaban J connectivity index is 1.84. The molecule has 6 nitrogen and oxygen atoms in total. The number of aryl methyl sites for hydroxylation is 1. The van der Waals surface area contributed by atoms with Gasteiger partial charge in [0.05, 0.1) is 0 Å². The SMILES string of the molecule is Cc1ccc(Cl)cc1C(=O)N[C@H]1CC=CC[C@@H]2CC[C@@H](C(=O)O)N2C1=O. The molecule has 2 amide bonds. The van der Waals surface area contributed by atoms with Crippen molar-refractivity contribution < 1.29 is 19.5 Å². The summed E-state index contributed by atoms with van der Waals surface area (Å²) in [5.41, 5.74) is 1.16. The fraction of sp³-hybridized carbons (Fsp3) is 0.421. The van der Waals surface area contributed by atoms with Crippen LogP contribution >= 0.6 is 11.6 Å². The van der Waals surface area contributed by atoms with E-state index < -0.39 is 18.1 Å². The number of rotatable bonds is 3. The normalized spacial score (nSPS) is 25.4. The molecule has 2 N–H and O–H groups in total. The van der Waals surface area contributed by atoms with Crippen molar-refractivity contribution >= 4 is 29.4 Å². The van der Waals surface area contributed by atoms with Crippen molar-refractivity contribution in [1.29, 1.82) is 0 Å². The maximum atomic E-state index is 13.0. The topological polar surface area (TPSA) is 86.7 Å². The fourth-order valence-corrected chi connectivity index (χ4v) is 3.82. The van der Waals surface area contributed by atoms with Crippen molar-refractivity contribution in [1.82, 2.24) is 10.2 Å². The zero-order chi connectivity index (χ0) is 18.8. The van der Waals surface area contributed by atoms with E-state index in [2.05, 4.69) is 5.32 Å². The first-order valence-electron chi connectivity index (χ1n) is 8.65. The van der Waals surface area contributed by atoms with Gasteiger partial charge >= 0.3 is 5.97 Å². The minimum atomic E-state index is -0.999. The number of benzene rings is 1. The van der Waals surface area contributed by atoms with E-state index in [0.717, 1.165) is 5.56 Å². The maximum absolute atomic E-state index is 13.0. The molecule has 1 aromatic rings. The van der Waals surface area contributed by atoms with Crippen molar-refractivity contribution in [3.05, 3.63) is 46.5 Å². The molecule has 1 aromatic carbocycles. The van der Waals surface area contributed by atoms with Crippen molar-refractivity contribution in [3.63, 3.8) is 0 Å². The molecule has 1 fully saturated rings. The molecule has 0 saturated carbocycles. The number of carboxylic acid groups (broad SMARTS) is 1. The lowest BCUT2D eigenvalue weighted by Gasteiger charge is -2.32. The highest BCUT2D eigenvalue weighted by molar-refractivity contribution is 6.31. The summed E-state index contributed by atoms with van der Waals surface area (Å²) >= 11 is 5.98. The van der Waals surface area contributed by atoms with Crippen LogP contribution in [0.2, 0.25) is 5.02 Å². The van der Waals surface area contributed by atoms with Crippen LogP contribution in [0.3, 0.4) is 0 Å². The third-order valence-electron chi connectivity index (χ3n) is 5.04. The molecule has 0 aliphatic carbocycles. The van der Waals surface area contributed by atoms with E-state index in [-0.39, 0.29) is 17.9 Å². The third-order valence-corrected chi connectivity index (χ3v) is 5.27. The number of halogens is 1. The summed E-state index contributed by atoms with van der Waals surface area (Å²) in [6.07, 6.45) is 5.90. The highest BCUT2D eigenvalue weighted by Gasteiger charge is 2.43. The summed E-state index contributed by atoms with van der Waals surface area (Å²) in [4.78, 5) is 38.6. The number of carbonyl (C=O) groups is 3. The summed E-state index contributed by atoms with van der Waals surface area (Å²) < 4.78 is 0. The second kappa shape index (κ2) is 7.50. The third kappa shape index (κ3) is 3.60. The molecule has 0 spiro atoms. The molecule has 1 saturated heterocycles. The predicted octanol–water partition coefficient (Wildman–Crippen LogP) is 2.54. The van der Waals surface area contributed by atoms with Gasteiger partial charge in [-0.05, 0) is 50.3 Å². The first kappa shape index (κ1) is 18.5. The van der Waals surface area contributed by atoms with Crippen LogP contribution in [0.15, 0.2) is 30.4 Å². The summed E-state index contributed by atoms with van der Waals surface area (Å²) in [5.74, 6) is -1.72. The smallest absolute Gasteiger partial charge is 0.326 e. The summed E-state index contributed by atoms with van der Waals surface area (Å²) in [7, 11) is 0. The fourth-order valence-electron chi connectivity index (χ4n) is 3.65. The monoisotopic (exact) mass is 376 g/mol. The molecule has 3 rings (SSSR count). The number of nitrogens with zero attached hydrogens (tertiary/aromatic N) is 1. The van der Waals surface area contributed by atoms with Gasteiger partial charge in [0, 0.05) is 16.6 Å². The summed E-state index contributed by atoms with van der Waals surface area (Å²) in [5, 5.41) is 12.6. The van der Waals surface area contributed by atoms with Gasteiger partial charge in [0.15, 0.2) is 0 Å². The lowest BCUT2D eigenvalue weighted by Crippen LogP contribution is -2.54. The largest absolute Gasteiger partial charge is 0.480 e. The predicted molar refractivity (Wildman–Crippen MR) is 97.1 cm³/mol. The van der Waals surface area contributed by atoms with Gasteiger partial charge < -0.3 is 15.3 Å². The van der Waals surface area contributed by atoms with Crippen LogP contribution in [0.4, 0.5) is 0 Å². The van der Waals surface area contributed by atoms with Crippen molar-refractivity contribution in [3.8, 4) is 0 Å². The standard InChI is InChI=1S/C19H21ClN2O4/c1-11-6-7-12(20)10-14(11)17(23)21-15-5-3-2-4-13-8-9-16(19(25)26)22(13)18(15)24/h2-3,6-7,10,13,15-16H,4-5,8-9H2,1H3,(H,21,23)(H,25,26)/t13-,15+,16+/m1/s1. The molecule has 0 unspecified atom stereocenters. The van der Waals surface area contributed by atoms with Crippen LogP contribution in [-0.4, -0.2) is 45.9 Å². The van der Waals surface area contributed by atoms with E-state index in [1.807, 2.05) is 12.2 Å². The quantitative estimate of drug-likeness (QED) is 0.794. The number of fused-ring (bicyclic) bond motifs is 1. The number of aliphatic carboxylic acids is 1. The van der Waals surface area contributed by atoms with E-state index in [1.165, 1.54) is 4.90 Å². The minimum absolute atomic E-state index is 0.132. The number of nitrogens with one attached hydrogen (secondary N) is 1. The van der Waals surface area contributed by atoms with Crippen LogP contribution < -0.4 is 5.32 Å². The van der Waals surface area contributed by atoms with Gasteiger partial charge in [-0.15, -0.1) is 0 Å². The van der Waals surface area contributed by atoms with Crippen LogP contribution in [0.25, 0.3) is 0 Å². The number of carbonyl (C=O) groups excluding carboxylic acids is 2. The molecule has 26 heavy (non-hydrogen) atoms. The zero-order valence-corrected chi connectivity index (χ0v) is 15.2. The molecule has 2 aliphatic rings. The average molecular weight is 377 g/mol. The molecular weight excluding hydrogens is 356 g/mol. The lowest BCUT2D eigenvalue weighted by atomic mass is 10.0. The molecular formula is C19H21ClN2O4. The highest BCUT2D eigenvalue weighted by atomic mass is 35.5. The van der Waals surface area contributed by atoms with E-state index in [0.29, 0.717) is 36.3 Å². The van der Waals surface area contributed by atoms with Crippen LogP contribution in [-0.2, 0) is 9.59 Å². The first-order chi connectivity index (χ1) is 12.4. The molecule has 0 bridgehead atoms. The number of carboxylic acids is 1. The molecule has 138 valence electrons. The molecule has 7 heteroatoms. The number of amides is 2. The average Bonchev–Trinajstić information content (AvgIpc) is 3.01. The van der Waals surface area contributed by atoms with Crippen molar-refractivity contribution in [2.75, 3.05) is 0 Å². The molecule has 0 aromatic heterocycles. The van der Waals surface area contributed by atoms with Crippen LogP contribution in [0.1, 0.15) is 41.6 Å². The molecule has 2 aliphatic heterocycles. The van der Waals surface area contributed by atoms with Gasteiger partial charge in [-0.1, -0.05) is 29.8 Å². The summed E-state index contributed by atoms with van der Waals surface area (Å²) in [6, 6.07) is 3.25. The van der Waals surface area contributed by atoms with Gasteiger partial charge in [-0.3, -0.25) is 9.59 Å². The van der Waals surface area contributed by atoms with Crippen molar-refractivity contribution in [2.24, 2.45) is 0 Å². The Morgan fingerprint density at radius 1 is 1.23 bits per heavy atom. The van der Waals surface area contributed by atoms with Gasteiger partial charge in [-0.25, -0.2) is 4.79 Å². The Hall–Kier alpha value is -2.34. The number of hydrogen-bond donors (Lipinski definition) is 2. The molecule has 2 heterocycles. The van der Waals surface area contributed by atoms with E-state index >= 15 is 0 Å². The van der Waals surface area contributed by atoms with E-state index in [1.54, 1.807) is 25.1 Å². The van der Waals surface area contributed by atoms with Gasteiger partial charge in [-0.2, -0.15) is 0 Å². The zero-order valence-electron chi connectivity index (χ0n) is 14.4. The van der Waals surface area contributed by atoms with Gasteiger partial charge in [0.2, 0.25) is 5.91 Å². The highest BCUT2D eigenvalue weighted by Crippen LogP contribution is 2.29. The van der Waals surface area contributed by atoms with Gasteiger partial charge in [0.25, 0.3) is 5.91 Å². The second-order valence-corrected chi connectivity index (χ2v) is 7.20. The Labute approximate surface area is 156 Å². The maximum Gasteiger partial charge on any atom is 0.326 e. The second-order valence-electron chi connectivity index (χ2n) is 6.76. The van der Waals surface area contributed by atoms with E-state index in [4.69, 9.17) is 11.6 Å². The molecule has 0 radical (unpaired) electrons. The summed E-state index contributed by atoms with van der Waals surface area (Å²) in [6.45, 7) is 1.79. The lowest BCUT2D eigenvalue weighted by molar-refractivity contribution is -0.150. The Morgan fingerprint density at radius 2 is 1.96 bits per heavy atom. The molecule has 3 atom stereocenters. The Morgan fingerprint density at radius 3 is 2.69 bits per heavy atom. The Bertz CT molecular complexity index is 777. The van der Waals surface area contributed by atoms with Crippen molar-refractivity contribution in [2.45, 2.75) is 50.7 Å². The van der Waals surface area contributed by atoms with Crippen LogP contribution in [0.5, 0.6) is 0 Å². The number of hydrogen-bond acceptors (Lipinski definition) is 3. The Kier molecular flexibility index (Phi) is 5.32. The van der Waals surface area contributed by atoms with E-state index in [9.17, 15) is 19.5 Å².